The van der Waals surface area contributed by atoms with E-state index >= 15 is 0 Å². The van der Waals surface area contributed by atoms with Crippen molar-refractivity contribution in [3.8, 4) is 11.5 Å². The van der Waals surface area contributed by atoms with Crippen LogP contribution in [0, 0.1) is 5.92 Å². The number of carboxylic acid groups (broad SMARTS) is 1. The minimum Gasteiger partial charge on any atom is -0.478 e. The molecule has 1 heterocycles. The molecule has 4 rings (SSSR count). The van der Waals surface area contributed by atoms with Crippen LogP contribution in [0.1, 0.15) is 41.8 Å². The molecule has 0 saturated carbocycles. The molecule has 31 heavy (non-hydrogen) atoms. The zero-order valence-corrected chi connectivity index (χ0v) is 18.1. The summed E-state index contributed by atoms with van der Waals surface area (Å²) in [5.41, 5.74) is 2.69. The Morgan fingerprint density at radius 1 is 1.03 bits per heavy atom. The molecule has 1 aliphatic heterocycles. The average Bonchev–Trinajstić information content (AvgIpc) is 2.77. The monoisotopic (exact) mass is 415 g/mol. The molecule has 2 atom stereocenters. The maximum absolute atomic E-state index is 11.4. The summed E-state index contributed by atoms with van der Waals surface area (Å²) >= 11 is 0. The van der Waals surface area contributed by atoms with Gasteiger partial charge in [0.25, 0.3) is 0 Å². The number of piperidine rings is 1. The first-order valence-electron chi connectivity index (χ1n) is 10.8. The second-order valence-corrected chi connectivity index (χ2v) is 8.75. The molecule has 2 unspecified atom stereocenters. The van der Waals surface area contributed by atoms with Crippen molar-refractivity contribution in [2.75, 3.05) is 13.1 Å². The summed E-state index contributed by atoms with van der Waals surface area (Å²) in [5.74, 6) is 1.23. The minimum atomic E-state index is -0.867. The molecule has 4 nitrogen and oxygen atoms in total. The highest BCUT2D eigenvalue weighted by Crippen LogP contribution is 2.40. The van der Waals surface area contributed by atoms with E-state index < -0.39 is 5.97 Å². The Balaban J connectivity index is 1.43. The first-order chi connectivity index (χ1) is 14.9. The van der Waals surface area contributed by atoms with Crippen LogP contribution in [0.25, 0.3) is 0 Å². The third-order valence-electron chi connectivity index (χ3n) is 6.62. The molecule has 0 bridgehead atoms. The Bertz CT molecular complexity index is 1050. The number of nitrogens with zero attached hydrogens (tertiary/aromatic N) is 1. The van der Waals surface area contributed by atoms with Gasteiger partial charge in [-0.2, -0.15) is 0 Å². The van der Waals surface area contributed by atoms with Crippen molar-refractivity contribution in [1.29, 1.82) is 0 Å². The van der Waals surface area contributed by atoms with Crippen LogP contribution in [0.5, 0.6) is 11.5 Å². The van der Waals surface area contributed by atoms with Crippen LogP contribution in [0.4, 0.5) is 0 Å². The van der Waals surface area contributed by atoms with Crippen molar-refractivity contribution in [3.63, 3.8) is 0 Å². The van der Waals surface area contributed by atoms with Crippen LogP contribution in [0.3, 0.4) is 0 Å². The van der Waals surface area contributed by atoms with E-state index in [0.717, 1.165) is 43.1 Å². The van der Waals surface area contributed by atoms with Gasteiger partial charge in [-0.05, 0) is 71.8 Å². The molecule has 3 aromatic rings. The van der Waals surface area contributed by atoms with Gasteiger partial charge >= 0.3 is 5.97 Å². The maximum atomic E-state index is 11.4. The fourth-order valence-corrected chi connectivity index (χ4v) is 4.49. The van der Waals surface area contributed by atoms with Gasteiger partial charge in [0.05, 0.1) is 5.56 Å². The van der Waals surface area contributed by atoms with E-state index in [1.165, 1.54) is 5.56 Å². The molecule has 0 amide bonds. The first-order valence-corrected chi connectivity index (χ1v) is 10.8. The van der Waals surface area contributed by atoms with E-state index in [1.54, 1.807) is 6.07 Å². The van der Waals surface area contributed by atoms with Crippen molar-refractivity contribution < 1.29 is 14.6 Å². The molecule has 1 fully saturated rings. The predicted octanol–water partition coefficient (Wildman–Crippen LogP) is 5.98. The van der Waals surface area contributed by atoms with E-state index in [-0.39, 0.29) is 5.41 Å². The fourth-order valence-electron chi connectivity index (χ4n) is 4.49. The number of para-hydroxylation sites is 1. The molecule has 4 heteroatoms. The molecule has 0 aliphatic carbocycles. The molecular formula is C27H29NO3. The van der Waals surface area contributed by atoms with Crippen molar-refractivity contribution >= 4 is 5.97 Å². The van der Waals surface area contributed by atoms with Crippen molar-refractivity contribution in [3.05, 3.63) is 95.6 Å². The molecule has 1 N–H and O–H groups in total. The van der Waals surface area contributed by atoms with E-state index in [2.05, 4.69) is 36.9 Å². The number of rotatable bonds is 6. The second-order valence-electron chi connectivity index (χ2n) is 8.75. The summed E-state index contributed by atoms with van der Waals surface area (Å²) in [6.45, 7) is 7.36. The zero-order valence-electron chi connectivity index (χ0n) is 18.1. The lowest BCUT2D eigenvalue weighted by Gasteiger charge is -2.45. The second kappa shape index (κ2) is 8.94. The lowest BCUT2D eigenvalue weighted by molar-refractivity contribution is 0.0696. The summed E-state index contributed by atoms with van der Waals surface area (Å²) < 4.78 is 5.98. The summed E-state index contributed by atoms with van der Waals surface area (Å²) in [7, 11) is 0. The van der Waals surface area contributed by atoms with Crippen LogP contribution >= 0.6 is 0 Å². The van der Waals surface area contributed by atoms with Crippen LogP contribution in [0.15, 0.2) is 78.9 Å². The van der Waals surface area contributed by atoms with Gasteiger partial charge in [-0.1, -0.05) is 56.3 Å². The predicted molar refractivity (Wildman–Crippen MR) is 123 cm³/mol. The van der Waals surface area contributed by atoms with Crippen LogP contribution in [-0.2, 0) is 12.0 Å². The molecular weight excluding hydrogens is 386 g/mol. The van der Waals surface area contributed by atoms with Crippen molar-refractivity contribution in [1.82, 2.24) is 4.90 Å². The molecule has 1 aliphatic rings. The normalized spacial score (nSPS) is 21.5. The van der Waals surface area contributed by atoms with E-state index in [0.29, 0.717) is 11.5 Å². The number of hydrogen-bond donors (Lipinski definition) is 1. The highest BCUT2D eigenvalue weighted by Gasteiger charge is 2.38. The molecule has 0 spiro atoms. The van der Waals surface area contributed by atoms with Gasteiger partial charge in [0.1, 0.15) is 11.5 Å². The van der Waals surface area contributed by atoms with Gasteiger partial charge in [0.15, 0.2) is 0 Å². The summed E-state index contributed by atoms with van der Waals surface area (Å²) in [5, 5.41) is 9.36. The Morgan fingerprint density at radius 2 is 1.77 bits per heavy atom. The van der Waals surface area contributed by atoms with Gasteiger partial charge in [0.2, 0.25) is 0 Å². The largest absolute Gasteiger partial charge is 0.478 e. The molecule has 160 valence electrons. The SMILES string of the molecule is CC1CN(Cc2cccc(Oc3ccccc3)c2)CCC1(C)c1cccc(C(=O)O)c1. The Morgan fingerprint density at radius 3 is 2.52 bits per heavy atom. The molecule has 0 aromatic heterocycles. The summed E-state index contributed by atoms with van der Waals surface area (Å²) in [4.78, 5) is 13.9. The quantitative estimate of drug-likeness (QED) is 0.538. The molecule has 0 radical (unpaired) electrons. The third-order valence-corrected chi connectivity index (χ3v) is 6.62. The van der Waals surface area contributed by atoms with E-state index in [1.807, 2.05) is 54.6 Å². The topological polar surface area (TPSA) is 49.8 Å². The summed E-state index contributed by atoms with van der Waals surface area (Å²) in [6, 6.07) is 25.6. The van der Waals surface area contributed by atoms with Gasteiger partial charge < -0.3 is 9.84 Å². The standard InChI is InChI=1S/C27H29NO3/c1-20-18-28(15-14-27(20,2)23-10-7-9-22(17-23)26(29)30)19-21-8-6-13-25(16-21)31-24-11-4-3-5-12-24/h3-13,16-17,20H,14-15,18-19H2,1-2H3,(H,29,30). The van der Waals surface area contributed by atoms with Crippen LogP contribution < -0.4 is 4.74 Å². The molecule has 3 aromatic carbocycles. The number of carboxylic acids is 1. The Hall–Kier alpha value is -3.11. The Kier molecular flexibility index (Phi) is 6.10. The number of ether oxygens (including phenoxy) is 1. The summed E-state index contributed by atoms with van der Waals surface area (Å²) in [6.07, 6.45) is 0.997. The van der Waals surface area contributed by atoms with Gasteiger partial charge in [-0.25, -0.2) is 4.79 Å². The van der Waals surface area contributed by atoms with Crippen LogP contribution in [0.2, 0.25) is 0 Å². The highest BCUT2D eigenvalue weighted by molar-refractivity contribution is 5.87. The van der Waals surface area contributed by atoms with Crippen molar-refractivity contribution in [2.45, 2.75) is 32.2 Å². The average molecular weight is 416 g/mol. The zero-order chi connectivity index (χ0) is 21.8. The van der Waals surface area contributed by atoms with Crippen LogP contribution in [-0.4, -0.2) is 29.1 Å². The third kappa shape index (κ3) is 4.80. The Labute approximate surface area is 184 Å². The highest BCUT2D eigenvalue weighted by atomic mass is 16.5. The van der Waals surface area contributed by atoms with E-state index in [4.69, 9.17) is 4.74 Å². The molecule has 1 saturated heterocycles. The number of carbonyl (C=O) groups is 1. The fraction of sp³-hybridized carbons (Fsp3) is 0.296. The first kappa shape index (κ1) is 21.1. The minimum absolute atomic E-state index is 0.0276. The number of hydrogen-bond acceptors (Lipinski definition) is 3. The maximum Gasteiger partial charge on any atom is 0.335 e. The number of likely N-dealkylation sites (tertiary alicyclic amines) is 1. The number of benzene rings is 3. The van der Waals surface area contributed by atoms with Gasteiger partial charge in [0, 0.05) is 13.1 Å². The lowest BCUT2D eigenvalue weighted by atomic mass is 9.68. The smallest absolute Gasteiger partial charge is 0.335 e. The van der Waals surface area contributed by atoms with E-state index in [9.17, 15) is 9.90 Å². The number of aromatic carboxylic acids is 1. The van der Waals surface area contributed by atoms with Gasteiger partial charge in [-0.3, -0.25) is 4.90 Å². The van der Waals surface area contributed by atoms with Gasteiger partial charge in [-0.15, -0.1) is 0 Å². The van der Waals surface area contributed by atoms with Crippen molar-refractivity contribution in [2.24, 2.45) is 5.92 Å². The lowest BCUT2D eigenvalue weighted by Crippen LogP contribution is -2.47.